The van der Waals surface area contributed by atoms with E-state index in [1.807, 2.05) is 10.9 Å². The van der Waals surface area contributed by atoms with Gasteiger partial charge in [-0.2, -0.15) is 0 Å². The van der Waals surface area contributed by atoms with Crippen molar-refractivity contribution in [3.63, 3.8) is 0 Å². The number of aromatic nitrogens is 3. The van der Waals surface area contributed by atoms with Crippen molar-refractivity contribution in [2.45, 2.75) is 45.3 Å². The average Bonchev–Trinajstić information content (AvgIpc) is 2.46. The van der Waals surface area contributed by atoms with Gasteiger partial charge in [0, 0.05) is 12.5 Å². The monoisotopic (exact) mass is 213 g/mol. The van der Waals surface area contributed by atoms with Crippen LogP contribution < -0.4 is 0 Å². The molecule has 0 saturated carbocycles. The van der Waals surface area contributed by atoms with Gasteiger partial charge in [0.2, 0.25) is 5.16 Å². The van der Waals surface area contributed by atoms with Crippen LogP contribution in [0.1, 0.15) is 39.6 Å². The summed E-state index contributed by atoms with van der Waals surface area (Å²) in [7, 11) is 0. The predicted octanol–water partition coefficient (Wildman–Crippen LogP) is 2.78. The van der Waals surface area contributed by atoms with Gasteiger partial charge in [-0.05, 0) is 26.0 Å². The molecule has 0 atom stereocenters. The van der Waals surface area contributed by atoms with E-state index in [9.17, 15) is 0 Å². The Morgan fingerprint density at radius 1 is 1.29 bits per heavy atom. The second kappa shape index (κ2) is 4.82. The largest absolute Gasteiger partial charge is 0.246 e. The van der Waals surface area contributed by atoms with Gasteiger partial charge in [0.1, 0.15) is 5.82 Å². The highest BCUT2D eigenvalue weighted by Gasteiger charge is 2.12. The molecule has 0 spiro atoms. The molecule has 0 amide bonds. The van der Waals surface area contributed by atoms with E-state index in [4.69, 9.17) is 0 Å². The van der Waals surface area contributed by atoms with Gasteiger partial charge < -0.3 is 0 Å². The molecule has 0 fully saturated rings. The van der Waals surface area contributed by atoms with Gasteiger partial charge in [-0.3, -0.25) is 0 Å². The molecule has 3 nitrogen and oxygen atoms in total. The molecule has 0 unspecified atom stereocenters. The standard InChI is InChI=1S/C10H19N3S/c1-7(2)6-9-11-10(14-5)12-13(9)8(3)4/h7-8H,6H2,1-5H3. The fourth-order valence-electron chi connectivity index (χ4n) is 1.34. The maximum atomic E-state index is 4.50. The van der Waals surface area contributed by atoms with Gasteiger partial charge in [0.15, 0.2) is 0 Å². The normalized spacial score (nSPS) is 11.6. The summed E-state index contributed by atoms with van der Waals surface area (Å²) in [4.78, 5) is 4.50. The molecule has 0 radical (unpaired) electrons. The number of rotatable bonds is 4. The molecular formula is C10H19N3S. The van der Waals surface area contributed by atoms with E-state index < -0.39 is 0 Å². The molecule has 0 N–H and O–H groups in total. The van der Waals surface area contributed by atoms with Crippen LogP contribution in [0.3, 0.4) is 0 Å². The highest BCUT2D eigenvalue weighted by molar-refractivity contribution is 7.98. The Morgan fingerprint density at radius 3 is 2.36 bits per heavy atom. The van der Waals surface area contributed by atoms with Crippen molar-refractivity contribution >= 4 is 11.8 Å². The van der Waals surface area contributed by atoms with Crippen LogP contribution in [-0.2, 0) is 6.42 Å². The van der Waals surface area contributed by atoms with Crippen LogP contribution in [0.15, 0.2) is 5.16 Å². The van der Waals surface area contributed by atoms with Crippen molar-refractivity contribution in [1.29, 1.82) is 0 Å². The smallest absolute Gasteiger partial charge is 0.208 e. The molecule has 0 aromatic carbocycles. The Morgan fingerprint density at radius 2 is 1.93 bits per heavy atom. The number of hydrogen-bond acceptors (Lipinski definition) is 3. The van der Waals surface area contributed by atoms with E-state index in [2.05, 4.69) is 37.8 Å². The molecule has 1 heterocycles. The van der Waals surface area contributed by atoms with Crippen LogP contribution in [-0.4, -0.2) is 21.0 Å². The minimum Gasteiger partial charge on any atom is -0.246 e. The van der Waals surface area contributed by atoms with Gasteiger partial charge in [0.25, 0.3) is 0 Å². The predicted molar refractivity (Wildman–Crippen MR) is 60.7 cm³/mol. The lowest BCUT2D eigenvalue weighted by molar-refractivity contribution is 0.479. The van der Waals surface area contributed by atoms with Crippen LogP contribution in [0.5, 0.6) is 0 Å². The first-order chi connectivity index (χ1) is 6.54. The lowest BCUT2D eigenvalue weighted by Gasteiger charge is -2.10. The Labute approximate surface area is 90.3 Å². The molecule has 0 aliphatic carbocycles. The van der Waals surface area contributed by atoms with Crippen LogP contribution in [0.2, 0.25) is 0 Å². The maximum Gasteiger partial charge on any atom is 0.208 e. The quantitative estimate of drug-likeness (QED) is 0.721. The minimum absolute atomic E-state index is 0.400. The van der Waals surface area contributed by atoms with Crippen molar-refractivity contribution < 1.29 is 0 Å². The fraction of sp³-hybridized carbons (Fsp3) is 0.800. The molecule has 0 saturated heterocycles. The van der Waals surface area contributed by atoms with E-state index in [0.29, 0.717) is 12.0 Å². The zero-order chi connectivity index (χ0) is 10.7. The molecule has 80 valence electrons. The summed E-state index contributed by atoms with van der Waals surface area (Å²) < 4.78 is 2.03. The van der Waals surface area contributed by atoms with E-state index in [1.165, 1.54) is 0 Å². The van der Waals surface area contributed by atoms with Gasteiger partial charge in [-0.15, -0.1) is 5.10 Å². The van der Waals surface area contributed by atoms with E-state index in [1.54, 1.807) is 11.8 Å². The summed E-state index contributed by atoms with van der Waals surface area (Å²) in [6.45, 7) is 8.70. The average molecular weight is 213 g/mol. The topological polar surface area (TPSA) is 30.7 Å². The first-order valence-electron chi connectivity index (χ1n) is 5.04. The summed E-state index contributed by atoms with van der Waals surface area (Å²) in [5.74, 6) is 1.74. The van der Waals surface area contributed by atoms with Crippen LogP contribution >= 0.6 is 11.8 Å². The number of nitrogens with zero attached hydrogens (tertiary/aromatic N) is 3. The summed E-state index contributed by atoms with van der Waals surface area (Å²) in [6, 6.07) is 0.400. The zero-order valence-electron chi connectivity index (χ0n) is 9.61. The molecule has 1 aromatic heterocycles. The SMILES string of the molecule is CSc1nc(CC(C)C)n(C(C)C)n1. The Hall–Kier alpha value is -0.510. The number of hydrogen-bond donors (Lipinski definition) is 0. The molecule has 1 aromatic rings. The molecule has 14 heavy (non-hydrogen) atoms. The molecule has 0 aliphatic heterocycles. The van der Waals surface area contributed by atoms with Crippen molar-refractivity contribution in [2.75, 3.05) is 6.26 Å². The third-order valence-electron chi connectivity index (χ3n) is 1.94. The molecule has 1 rings (SSSR count). The van der Waals surface area contributed by atoms with E-state index in [0.717, 1.165) is 17.4 Å². The van der Waals surface area contributed by atoms with Crippen LogP contribution in [0.25, 0.3) is 0 Å². The first kappa shape index (κ1) is 11.6. The van der Waals surface area contributed by atoms with E-state index >= 15 is 0 Å². The first-order valence-corrected chi connectivity index (χ1v) is 6.26. The second-order valence-electron chi connectivity index (χ2n) is 4.15. The van der Waals surface area contributed by atoms with E-state index in [-0.39, 0.29) is 0 Å². The van der Waals surface area contributed by atoms with Crippen molar-refractivity contribution in [3.05, 3.63) is 5.82 Å². The summed E-state index contributed by atoms with van der Waals surface area (Å²) in [6.07, 6.45) is 3.02. The van der Waals surface area contributed by atoms with Crippen molar-refractivity contribution in [2.24, 2.45) is 5.92 Å². The van der Waals surface area contributed by atoms with Crippen molar-refractivity contribution in [3.8, 4) is 0 Å². The lowest BCUT2D eigenvalue weighted by Crippen LogP contribution is -2.10. The van der Waals surface area contributed by atoms with Gasteiger partial charge in [0.05, 0.1) is 0 Å². The Balaban J connectivity index is 2.93. The number of thioether (sulfide) groups is 1. The molecule has 0 bridgehead atoms. The zero-order valence-corrected chi connectivity index (χ0v) is 10.4. The van der Waals surface area contributed by atoms with Gasteiger partial charge in [-0.25, -0.2) is 9.67 Å². The van der Waals surface area contributed by atoms with Gasteiger partial charge in [-0.1, -0.05) is 25.6 Å². The second-order valence-corrected chi connectivity index (χ2v) is 4.92. The van der Waals surface area contributed by atoms with Crippen molar-refractivity contribution in [1.82, 2.24) is 14.8 Å². The van der Waals surface area contributed by atoms with Gasteiger partial charge >= 0.3 is 0 Å². The molecule has 4 heteroatoms. The maximum absolute atomic E-state index is 4.50. The highest BCUT2D eigenvalue weighted by Crippen LogP contribution is 2.16. The summed E-state index contributed by atoms with van der Waals surface area (Å²) in [5, 5.41) is 5.33. The molecular weight excluding hydrogens is 194 g/mol. The third kappa shape index (κ3) is 2.74. The Bertz CT molecular complexity index is 292. The fourth-order valence-corrected chi connectivity index (χ4v) is 1.70. The van der Waals surface area contributed by atoms with Crippen LogP contribution in [0.4, 0.5) is 0 Å². The molecule has 0 aliphatic rings. The summed E-state index contributed by atoms with van der Waals surface area (Å²) in [5.41, 5.74) is 0. The Kier molecular flexibility index (Phi) is 3.98. The highest BCUT2D eigenvalue weighted by atomic mass is 32.2. The lowest BCUT2D eigenvalue weighted by atomic mass is 10.1. The minimum atomic E-state index is 0.400. The van der Waals surface area contributed by atoms with Crippen LogP contribution in [0, 0.1) is 5.92 Å². The third-order valence-corrected chi connectivity index (χ3v) is 2.48. The summed E-state index contributed by atoms with van der Waals surface area (Å²) >= 11 is 1.61.